The van der Waals surface area contributed by atoms with E-state index in [-0.39, 0.29) is 12.5 Å². The van der Waals surface area contributed by atoms with Crippen molar-refractivity contribution in [1.29, 1.82) is 0 Å². The van der Waals surface area contributed by atoms with Crippen LogP contribution in [0.2, 0.25) is 0 Å². The van der Waals surface area contributed by atoms with Crippen LogP contribution in [0.5, 0.6) is 0 Å². The predicted octanol–water partition coefficient (Wildman–Crippen LogP) is 1.65. The molecule has 2 rings (SSSR count). The second kappa shape index (κ2) is 8.51. The van der Waals surface area contributed by atoms with E-state index >= 15 is 0 Å². The molecule has 0 aliphatic carbocycles. The molecular weight excluding hydrogens is 276 g/mol. The molecule has 4 nitrogen and oxygen atoms in total. The highest BCUT2D eigenvalue weighted by Gasteiger charge is 2.18. The molecule has 118 valence electrons. The van der Waals surface area contributed by atoms with Gasteiger partial charge in [-0.1, -0.05) is 42.5 Å². The summed E-state index contributed by atoms with van der Waals surface area (Å²) in [6, 6.07) is 8.43. The molecule has 0 spiro atoms. The SMILES string of the molecule is CC=CC=CC(=O)NCC(O)CN1CCc2ccccc2C1. The molecule has 4 heteroatoms. The van der Waals surface area contributed by atoms with Crippen LogP contribution in [0.1, 0.15) is 18.1 Å². The fraction of sp³-hybridized carbons (Fsp3) is 0.389. The van der Waals surface area contributed by atoms with E-state index < -0.39 is 6.10 Å². The first kappa shape index (κ1) is 16.5. The molecule has 1 aromatic rings. The Morgan fingerprint density at radius 1 is 1.36 bits per heavy atom. The minimum Gasteiger partial charge on any atom is -0.390 e. The van der Waals surface area contributed by atoms with Crippen molar-refractivity contribution in [2.75, 3.05) is 19.6 Å². The topological polar surface area (TPSA) is 52.6 Å². The van der Waals surface area contributed by atoms with Crippen molar-refractivity contribution in [1.82, 2.24) is 10.2 Å². The highest BCUT2D eigenvalue weighted by atomic mass is 16.3. The number of carbonyl (C=O) groups is 1. The quantitative estimate of drug-likeness (QED) is 0.620. The highest BCUT2D eigenvalue weighted by molar-refractivity contribution is 5.87. The molecule has 1 atom stereocenters. The molecule has 1 aliphatic rings. The molecule has 1 heterocycles. The van der Waals surface area contributed by atoms with Crippen molar-refractivity contribution in [3.05, 3.63) is 59.7 Å². The van der Waals surface area contributed by atoms with Gasteiger partial charge in [0, 0.05) is 32.3 Å². The van der Waals surface area contributed by atoms with E-state index in [0.717, 1.165) is 19.5 Å². The number of aliphatic hydroxyl groups is 1. The van der Waals surface area contributed by atoms with Gasteiger partial charge in [0.15, 0.2) is 0 Å². The Hall–Kier alpha value is -1.91. The minimum atomic E-state index is -0.552. The number of hydrogen-bond acceptors (Lipinski definition) is 3. The second-order valence-electron chi connectivity index (χ2n) is 5.54. The maximum Gasteiger partial charge on any atom is 0.244 e. The van der Waals surface area contributed by atoms with Gasteiger partial charge in [-0.25, -0.2) is 0 Å². The van der Waals surface area contributed by atoms with Crippen LogP contribution in [0.4, 0.5) is 0 Å². The molecule has 1 unspecified atom stereocenters. The first-order valence-corrected chi connectivity index (χ1v) is 7.73. The molecule has 0 aromatic heterocycles. The van der Waals surface area contributed by atoms with Crippen molar-refractivity contribution < 1.29 is 9.90 Å². The first-order valence-electron chi connectivity index (χ1n) is 7.73. The van der Waals surface area contributed by atoms with Crippen molar-refractivity contribution in [2.45, 2.75) is 26.0 Å². The first-order chi connectivity index (χ1) is 10.7. The van der Waals surface area contributed by atoms with Gasteiger partial charge < -0.3 is 10.4 Å². The molecule has 22 heavy (non-hydrogen) atoms. The van der Waals surface area contributed by atoms with Gasteiger partial charge in [-0.05, 0) is 24.5 Å². The van der Waals surface area contributed by atoms with Crippen LogP contribution in [-0.2, 0) is 17.8 Å². The number of allylic oxidation sites excluding steroid dienone is 3. The fourth-order valence-electron chi connectivity index (χ4n) is 2.60. The molecule has 1 amide bonds. The van der Waals surface area contributed by atoms with Crippen LogP contribution in [0.25, 0.3) is 0 Å². The van der Waals surface area contributed by atoms with Gasteiger partial charge in [0.1, 0.15) is 0 Å². The number of amides is 1. The van der Waals surface area contributed by atoms with Gasteiger partial charge in [0.2, 0.25) is 5.91 Å². The lowest BCUT2D eigenvalue weighted by molar-refractivity contribution is -0.117. The molecule has 0 saturated heterocycles. The second-order valence-corrected chi connectivity index (χ2v) is 5.54. The summed E-state index contributed by atoms with van der Waals surface area (Å²) in [5.74, 6) is -0.180. The number of fused-ring (bicyclic) bond motifs is 1. The van der Waals surface area contributed by atoms with Crippen LogP contribution in [0.15, 0.2) is 48.6 Å². The van der Waals surface area contributed by atoms with E-state index in [1.807, 2.05) is 13.0 Å². The van der Waals surface area contributed by atoms with Crippen molar-refractivity contribution >= 4 is 5.91 Å². The number of benzene rings is 1. The van der Waals surface area contributed by atoms with E-state index in [2.05, 4.69) is 34.5 Å². The minimum absolute atomic E-state index is 0.180. The number of aliphatic hydroxyl groups excluding tert-OH is 1. The third-order valence-electron chi connectivity index (χ3n) is 3.74. The molecule has 1 aliphatic heterocycles. The molecule has 0 radical (unpaired) electrons. The maximum atomic E-state index is 11.5. The summed E-state index contributed by atoms with van der Waals surface area (Å²) in [7, 11) is 0. The van der Waals surface area contributed by atoms with Gasteiger partial charge in [0.05, 0.1) is 6.10 Å². The Morgan fingerprint density at radius 2 is 2.14 bits per heavy atom. The van der Waals surface area contributed by atoms with Gasteiger partial charge in [-0.2, -0.15) is 0 Å². The number of β-amino-alcohol motifs (C(OH)–C–C–N with tert-alkyl or cyclic N) is 1. The third-order valence-corrected chi connectivity index (χ3v) is 3.74. The summed E-state index contributed by atoms with van der Waals surface area (Å²) in [5.41, 5.74) is 2.73. The van der Waals surface area contributed by atoms with Gasteiger partial charge in [-0.15, -0.1) is 0 Å². The lowest BCUT2D eigenvalue weighted by atomic mass is 10.00. The summed E-state index contributed by atoms with van der Waals surface area (Å²) in [6.07, 6.45) is 7.26. The average Bonchev–Trinajstić information content (AvgIpc) is 2.53. The smallest absolute Gasteiger partial charge is 0.244 e. The number of nitrogens with one attached hydrogen (secondary N) is 1. The van der Waals surface area contributed by atoms with Crippen molar-refractivity contribution in [2.24, 2.45) is 0 Å². The Kier molecular flexibility index (Phi) is 6.37. The largest absolute Gasteiger partial charge is 0.390 e. The Labute approximate surface area is 132 Å². The van der Waals surface area contributed by atoms with Gasteiger partial charge in [-0.3, -0.25) is 9.69 Å². The lowest BCUT2D eigenvalue weighted by Gasteiger charge is -2.30. The van der Waals surface area contributed by atoms with E-state index in [4.69, 9.17) is 0 Å². The zero-order valence-corrected chi connectivity index (χ0v) is 13.0. The number of hydrogen-bond donors (Lipinski definition) is 2. The Morgan fingerprint density at radius 3 is 2.91 bits per heavy atom. The van der Waals surface area contributed by atoms with Crippen LogP contribution < -0.4 is 5.32 Å². The van der Waals surface area contributed by atoms with E-state index in [0.29, 0.717) is 6.54 Å². The summed E-state index contributed by atoms with van der Waals surface area (Å²) in [6.45, 7) is 4.55. The normalized spacial score (nSPS) is 16.8. The molecule has 0 saturated carbocycles. The average molecular weight is 300 g/mol. The van der Waals surface area contributed by atoms with Crippen LogP contribution in [0.3, 0.4) is 0 Å². The van der Waals surface area contributed by atoms with Crippen molar-refractivity contribution in [3.63, 3.8) is 0 Å². The Balaban J connectivity index is 1.74. The summed E-state index contributed by atoms with van der Waals surface area (Å²) >= 11 is 0. The number of rotatable bonds is 6. The zero-order chi connectivity index (χ0) is 15.8. The monoisotopic (exact) mass is 300 g/mol. The highest BCUT2D eigenvalue weighted by Crippen LogP contribution is 2.18. The molecular formula is C18H24N2O2. The molecule has 0 bridgehead atoms. The number of carbonyl (C=O) groups excluding carboxylic acids is 1. The zero-order valence-electron chi connectivity index (χ0n) is 13.0. The summed E-state index contributed by atoms with van der Waals surface area (Å²) in [5, 5.41) is 12.8. The summed E-state index contributed by atoms with van der Waals surface area (Å²) < 4.78 is 0. The summed E-state index contributed by atoms with van der Waals surface area (Å²) in [4.78, 5) is 13.8. The predicted molar refractivity (Wildman–Crippen MR) is 88.4 cm³/mol. The lowest BCUT2D eigenvalue weighted by Crippen LogP contribution is -2.41. The molecule has 2 N–H and O–H groups in total. The number of nitrogens with zero attached hydrogens (tertiary/aromatic N) is 1. The van der Waals surface area contributed by atoms with Gasteiger partial charge >= 0.3 is 0 Å². The maximum absolute atomic E-state index is 11.5. The van der Waals surface area contributed by atoms with E-state index in [1.165, 1.54) is 17.2 Å². The van der Waals surface area contributed by atoms with E-state index in [1.54, 1.807) is 12.2 Å². The molecule has 0 fully saturated rings. The standard InChI is InChI=1S/C18H24N2O2/c1-2-3-4-9-18(22)19-12-17(21)14-20-11-10-15-7-5-6-8-16(15)13-20/h2-9,17,21H,10-14H2,1H3,(H,19,22). The Bertz CT molecular complexity index is 552. The fourth-order valence-corrected chi connectivity index (χ4v) is 2.60. The van der Waals surface area contributed by atoms with Crippen LogP contribution >= 0.6 is 0 Å². The third kappa shape index (κ3) is 5.13. The van der Waals surface area contributed by atoms with Gasteiger partial charge in [0.25, 0.3) is 0 Å². The van der Waals surface area contributed by atoms with E-state index in [9.17, 15) is 9.90 Å². The van der Waals surface area contributed by atoms with Crippen LogP contribution in [-0.4, -0.2) is 41.7 Å². The molecule has 1 aromatic carbocycles. The van der Waals surface area contributed by atoms with Crippen LogP contribution in [0, 0.1) is 0 Å². The van der Waals surface area contributed by atoms with Crippen molar-refractivity contribution in [3.8, 4) is 0 Å².